The van der Waals surface area contributed by atoms with Crippen LogP contribution in [0.5, 0.6) is 0 Å². The van der Waals surface area contributed by atoms with E-state index in [9.17, 15) is 18.8 Å². The number of nitrogens with zero attached hydrogens (tertiary/aromatic N) is 2. The fourth-order valence-electron chi connectivity index (χ4n) is 3.25. The molecule has 6 nitrogen and oxygen atoms in total. The average molecular weight is 489 g/mol. The van der Waals surface area contributed by atoms with Crippen molar-refractivity contribution < 1.29 is 18.7 Å². The number of carbonyl (C=O) groups excluding carboxylic acids is 2. The van der Waals surface area contributed by atoms with Gasteiger partial charge in [0.2, 0.25) is 5.91 Å². The zero-order chi connectivity index (χ0) is 24.0. The van der Waals surface area contributed by atoms with E-state index in [0.717, 1.165) is 21.1 Å². The third kappa shape index (κ3) is 5.85. The van der Waals surface area contributed by atoms with Crippen LogP contribution in [0, 0.1) is 5.82 Å². The molecule has 0 aliphatic carbocycles. The van der Waals surface area contributed by atoms with Crippen molar-refractivity contribution >= 4 is 46.7 Å². The Labute approximate surface area is 198 Å². The fourth-order valence-corrected chi connectivity index (χ4v) is 5.33. The molecule has 0 saturated heterocycles. The number of thiophene rings is 1. The van der Waals surface area contributed by atoms with Gasteiger partial charge >= 0.3 is 5.97 Å². The molecule has 0 bridgehead atoms. The third-order valence-electron chi connectivity index (χ3n) is 4.91. The monoisotopic (exact) mass is 488 g/mol. The molecule has 9 heteroatoms. The van der Waals surface area contributed by atoms with E-state index >= 15 is 0 Å². The second-order valence-corrected chi connectivity index (χ2v) is 9.16. The average Bonchev–Trinajstić information content (AvgIpc) is 3.35. The number of carbonyl (C=O) groups is 2. The van der Waals surface area contributed by atoms with Gasteiger partial charge in [0.25, 0.3) is 5.56 Å². The predicted octanol–water partition coefficient (Wildman–Crippen LogP) is 2.82. The van der Waals surface area contributed by atoms with E-state index in [2.05, 4.69) is 0 Å². The number of likely N-dealkylation sites (N-methyl/N-ethyl adjacent to an activating group) is 1. The molecular formula is C24H25FN2O4S2. The topological polar surface area (TPSA) is 68.6 Å². The van der Waals surface area contributed by atoms with Crippen LogP contribution in [0.2, 0.25) is 0 Å². The van der Waals surface area contributed by atoms with Crippen LogP contribution in [0.4, 0.5) is 4.39 Å². The molecular weight excluding hydrogens is 463 g/mol. The highest BCUT2D eigenvalue weighted by Gasteiger charge is 2.15. The number of aromatic nitrogens is 1. The second kappa shape index (κ2) is 11.2. The largest absolute Gasteiger partial charge is 0.463 e. The Morgan fingerprint density at radius 3 is 2.48 bits per heavy atom. The lowest BCUT2D eigenvalue weighted by Gasteiger charge is -2.18. The van der Waals surface area contributed by atoms with E-state index < -0.39 is 5.97 Å². The Bertz CT molecular complexity index is 1320. The molecule has 1 amide bonds. The molecule has 3 aromatic rings. The molecule has 0 aliphatic heterocycles. The summed E-state index contributed by atoms with van der Waals surface area (Å²) in [7, 11) is 0. The van der Waals surface area contributed by atoms with Crippen LogP contribution in [0.1, 0.15) is 25.6 Å². The summed E-state index contributed by atoms with van der Waals surface area (Å²) in [5.41, 5.74) is 0.129. The smallest absolute Gasteiger partial charge is 0.333 e. The summed E-state index contributed by atoms with van der Waals surface area (Å²) >= 11 is 2.47. The summed E-state index contributed by atoms with van der Waals surface area (Å²) in [4.78, 5) is 41.0. The molecule has 0 atom stereocenters. The van der Waals surface area contributed by atoms with Gasteiger partial charge in [0.15, 0.2) is 0 Å². The molecule has 33 heavy (non-hydrogen) atoms. The molecule has 0 N–H and O–H groups in total. The van der Waals surface area contributed by atoms with Gasteiger partial charge in [-0.3, -0.25) is 14.2 Å². The normalized spacial score (nSPS) is 12.2. The number of halogens is 1. The molecule has 2 heterocycles. The van der Waals surface area contributed by atoms with Crippen molar-refractivity contribution in [3.05, 3.63) is 66.6 Å². The maximum atomic E-state index is 14.1. The number of benzene rings is 1. The first-order chi connectivity index (χ1) is 15.9. The first-order valence-corrected chi connectivity index (χ1v) is 12.2. The van der Waals surface area contributed by atoms with Crippen molar-refractivity contribution in [2.75, 3.05) is 19.7 Å². The zero-order valence-corrected chi connectivity index (χ0v) is 20.3. The molecule has 0 radical (unpaired) electrons. The number of amides is 1. The minimum atomic E-state index is -0.577. The predicted molar refractivity (Wildman–Crippen MR) is 130 cm³/mol. The number of thiazole rings is 1. The maximum absolute atomic E-state index is 14.1. The van der Waals surface area contributed by atoms with E-state index in [4.69, 9.17) is 4.74 Å². The van der Waals surface area contributed by atoms with E-state index in [0.29, 0.717) is 27.8 Å². The highest BCUT2D eigenvalue weighted by atomic mass is 32.1. The van der Waals surface area contributed by atoms with Crippen LogP contribution in [0.3, 0.4) is 0 Å². The SMILES string of the molecule is CCOC(=O)/C=c1/s/c(=C/c2ccc(-c3ccccc3F)s2)c(=O)n1CC(=O)N(CC)CC. The minimum Gasteiger partial charge on any atom is -0.463 e. The maximum Gasteiger partial charge on any atom is 0.333 e. The van der Waals surface area contributed by atoms with Gasteiger partial charge in [0.05, 0.1) is 17.2 Å². The molecule has 1 aromatic carbocycles. The van der Waals surface area contributed by atoms with Crippen molar-refractivity contribution in [3.8, 4) is 10.4 Å². The summed E-state index contributed by atoms with van der Waals surface area (Å²) < 4.78 is 21.1. The highest BCUT2D eigenvalue weighted by Crippen LogP contribution is 2.30. The summed E-state index contributed by atoms with van der Waals surface area (Å²) in [5, 5.41) is 0. The summed E-state index contributed by atoms with van der Waals surface area (Å²) in [6.45, 7) is 6.52. The van der Waals surface area contributed by atoms with Crippen LogP contribution < -0.4 is 14.8 Å². The van der Waals surface area contributed by atoms with Gasteiger partial charge in [0.1, 0.15) is 17.0 Å². The Morgan fingerprint density at radius 1 is 1.09 bits per heavy atom. The Hall–Kier alpha value is -3.04. The van der Waals surface area contributed by atoms with Crippen molar-refractivity contribution in [1.82, 2.24) is 9.47 Å². The first kappa shape index (κ1) is 24.6. The Morgan fingerprint density at radius 2 is 1.82 bits per heavy atom. The molecule has 0 aliphatic rings. The van der Waals surface area contributed by atoms with Crippen molar-refractivity contribution in [3.63, 3.8) is 0 Å². The van der Waals surface area contributed by atoms with Gasteiger partial charge in [-0.1, -0.05) is 18.2 Å². The Balaban J connectivity index is 2.06. The summed E-state index contributed by atoms with van der Waals surface area (Å²) in [6.07, 6.45) is 2.94. The second-order valence-electron chi connectivity index (χ2n) is 6.98. The summed E-state index contributed by atoms with van der Waals surface area (Å²) in [5.74, 6) is -1.10. The lowest BCUT2D eigenvalue weighted by molar-refractivity contribution is -0.135. The van der Waals surface area contributed by atoms with Gasteiger partial charge < -0.3 is 9.64 Å². The molecule has 0 unspecified atom stereocenters. The molecule has 0 fully saturated rings. The lowest BCUT2D eigenvalue weighted by atomic mass is 10.2. The zero-order valence-electron chi connectivity index (χ0n) is 18.7. The molecule has 2 aromatic heterocycles. The standard InChI is InChI=1S/C24H25FN2O4S2/c1-4-26(5-2)21(28)15-27-22(14-23(29)31-6-3)33-20(24(27)30)13-16-11-12-19(32-16)17-9-7-8-10-18(17)25/h7-14H,4-6,15H2,1-3H3/b20-13+,22-14+. The van der Waals surface area contributed by atoms with Crippen LogP contribution in [0.25, 0.3) is 22.6 Å². The van der Waals surface area contributed by atoms with Gasteiger partial charge in [0, 0.05) is 28.4 Å². The quantitative estimate of drug-likeness (QED) is 0.458. The number of esters is 1. The summed E-state index contributed by atoms with van der Waals surface area (Å²) in [6, 6.07) is 10.1. The molecule has 3 rings (SSSR count). The van der Waals surface area contributed by atoms with E-state index in [1.54, 1.807) is 42.2 Å². The van der Waals surface area contributed by atoms with E-state index in [1.165, 1.54) is 28.0 Å². The number of ether oxygens (including phenoxy) is 1. The van der Waals surface area contributed by atoms with Crippen molar-refractivity contribution in [2.24, 2.45) is 0 Å². The van der Waals surface area contributed by atoms with Crippen LogP contribution in [-0.2, 0) is 20.9 Å². The van der Waals surface area contributed by atoms with Crippen LogP contribution in [0.15, 0.2) is 41.2 Å². The van der Waals surface area contributed by atoms with Crippen molar-refractivity contribution in [1.29, 1.82) is 0 Å². The number of hydrogen-bond acceptors (Lipinski definition) is 6. The van der Waals surface area contributed by atoms with Gasteiger partial charge in [-0.2, -0.15) is 0 Å². The lowest BCUT2D eigenvalue weighted by Crippen LogP contribution is -2.40. The number of hydrogen-bond donors (Lipinski definition) is 0. The van der Waals surface area contributed by atoms with Crippen LogP contribution >= 0.6 is 22.7 Å². The molecule has 0 saturated carbocycles. The van der Waals surface area contributed by atoms with Gasteiger partial charge in [-0.05, 0) is 45.0 Å². The van der Waals surface area contributed by atoms with E-state index in [1.807, 2.05) is 19.9 Å². The van der Waals surface area contributed by atoms with Gasteiger partial charge in [-0.15, -0.1) is 22.7 Å². The molecule has 0 spiro atoms. The highest BCUT2D eigenvalue weighted by molar-refractivity contribution is 7.16. The Kier molecular flexibility index (Phi) is 8.35. The van der Waals surface area contributed by atoms with Gasteiger partial charge in [-0.25, -0.2) is 9.18 Å². The van der Waals surface area contributed by atoms with Crippen molar-refractivity contribution in [2.45, 2.75) is 27.3 Å². The molecule has 174 valence electrons. The third-order valence-corrected chi connectivity index (χ3v) is 7.04. The fraction of sp³-hybridized carbons (Fsp3) is 0.292. The van der Waals surface area contributed by atoms with Crippen LogP contribution in [-0.4, -0.2) is 41.0 Å². The first-order valence-electron chi connectivity index (χ1n) is 10.6. The number of rotatable bonds is 8. The van der Waals surface area contributed by atoms with E-state index in [-0.39, 0.29) is 30.4 Å². The minimum absolute atomic E-state index is 0.166.